The Labute approximate surface area is 231 Å². The van der Waals surface area contributed by atoms with E-state index in [0.29, 0.717) is 34.3 Å². The zero-order valence-corrected chi connectivity index (χ0v) is 24.5. The van der Waals surface area contributed by atoms with E-state index in [1.54, 1.807) is 24.3 Å². The lowest BCUT2D eigenvalue weighted by Gasteiger charge is -2.31. The number of amides is 2. The van der Waals surface area contributed by atoms with Crippen molar-refractivity contribution < 1.29 is 18.0 Å². The maximum atomic E-state index is 13.5. The molecular weight excluding hydrogens is 533 g/mol. The van der Waals surface area contributed by atoms with Crippen LogP contribution in [-0.4, -0.2) is 50.5 Å². The van der Waals surface area contributed by atoms with Crippen LogP contribution < -0.4 is 9.62 Å². The number of sulfonamides is 1. The van der Waals surface area contributed by atoms with Crippen LogP contribution in [-0.2, 0) is 26.2 Å². The van der Waals surface area contributed by atoms with E-state index < -0.39 is 16.1 Å². The molecule has 0 heterocycles. The second-order valence-electron chi connectivity index (χ2n) is 9.18. The molecule has 0 spiro atoms. The minimum Gasteiger partial charge on any atom is -0.354 e. The topological polar surface area (TPSA) is 86.8 Å². The summed E-state index contributed by atoms with van der Waals surface area (Å²) in [6, 6.07) is 9.84. The Morgan fingerprint density at radius 1 is 1.03 bits per heavy atom. The van der Waals surface area contributed by atoms with E-state index in [2.05, 4.69) is 5.32 Å². The third kappa shape index (κ3) is 8.90. The number of benzene rings is 2. The van der Waals surface area contributed by atoms with Gasteiger partial charge >= 0.3 is 0 Å². The highest BCUT2D eigenvalue weighted by Gasteiger charge is 2.29. The van der Waals surface area contributed by atoms with Gasteiger partial charge < -0.3 is 10.2 Å². The van der Waals surface area contributed by atoms with E-state index in [4.69, 9.17) is 23.2 Å². The van der Waals surface area contributed by atoms with E-state index in [9.17, 15) is 18.0 Å². The van der Waals surface area contributed by atoms with Crippen molar-refractivity contribution >= 4 is 50.7 Å². The normalized spacial score (nSPS) is 12.2. The Bertz CT molecular complexity index is 1200. The highest BCUT2D eigenvalue weighted by Crippen LogP contribution is 2.25. The SMILES string of the molecule is CCCNC(=O)[C@H](CC)N(Cc1ccc(Cl)cc1Cl)C(=O)CCCN(c1ccc(C)c(C)c1)S(C)(=O)=O. The van der Waals surface area contributed by atoms with Crippen LogP contribution in [0.2, 0.25) is 10.0 Å². The highest BCUT2D eigenvalue weighted by atomic mass is 35.5. The van der Waals surface area contributed by atoms with E-state index in [0.717, 1.165) is 23.8 Å². The molecule has 37 heavy (non-hydrogen) atoms. The van der Waals surface area contributed by atoms with E-state index in [1.807, 2.05) is 39.8 Å². The van der Waals surface area contributed by atoms with E-state index in [1.165, 1.54) is 9.21 Å². The monoisotopic (exact) mass is 569 g/mol. The lowest BCUT2D eigenvalue weighted by atomic mass is 10.1. The van der Waals surface area contributed by atoms with Gasteiger partial charge in [0.1, 0.15) is 6.04 Å². The highest BCUT2D eigenvalue weighted by molar-refractivity contribution is 7.92. The van der Waals surface area contributed by atoms with Gasteiger partial charge in [-0.15, -0.1) is 0 Å². The van der Waals surface area contributed by atoms with Crippen LogP contribution in [0.4, 0.5) is 5.69 Å². The summed E-state index contributed by atoms with van der Waals surface area (Å²) < 4.78 is 26.4. The van der Waals surface area contributed by atoms with Gasteiger partial charge in [0.25, 0.3) is 0 Å². The smallest absolute Gasteiger partial charge is 0.242 e. The molecule has 0 radical (unpaired) electrons. The molecule has 0 aromatic heterocycles. The van der Waals surface area contributed by atoms with Gasteiger partial charge in [-0.05, 0) is 74.1 Å². The largest absolute Gasteiger partial charge is 0.354 e. The molecule has 7 nitrogen and oxygen atoms in total. The molecule has 10 heteroatoms. The number of nitrogens with one attached hydrogen (secondary N) is 1. The van der Waals surface area contributed by atoms with E-state index >= 15 is 0 Å². The van der Waals surface area contributed by atoms with Crippen LogP contribution in [0.1, 0.15) is 56.2 Å². The summed E-state index contributed by atoms with van der Waals surface area (Å²) in [5.74, 6) is -0.478. The number of carbonyl (C=O) groups excluding carboxylic acids is 2. The van der Waals surface area contributed by atoms with Gasteiger partial charge in [-0.25, -0.2) is 8.42 Å². The molecule has 0 bridgehead atoms. The van der Waals surface area contributed by atoms with Crippen LogP contribution >= 0.6 is 23.2 Å². The average molecular weight is 571 g/mol. The Balaban J connectivity index is 2.25. The Morgan fingerprint density at radius 2 is 1.73 bits per heavy atom. The molecule has 204 valence electrons. The van der Waals surface area contributed by atoms with Crippen LogP contribution in [0, 0.1) is 13.8 Å². The number of rotatable bonds is 13. The third-order valence-electron chi connectivity index (χ3n) is 6.22. The maximum Gasteiger partial charge on any atom is 0.242 e. The first-order chi connectivity index (χ1) is 17.4. The molecular formula is C27H37Cl2N3O4S. The van der Waals surface area contributed by atoms with Crippen LogP contribution in [0.15, 0.2) is 36.4 Å². The van der Waals surface area contributed by atoms with E-state index in [-0.39, 0.29) is 37.7 Å². The predicted molar refractivity (Wildman–Crippen MR) is 152 cm³/mol. The lowest BCUT2D eigenvalue weighted by Crippen LogP contribution is -2.49. The quantitative estimate of drug-likeness (QED) is 0.345. The lowest BCUT2D eigenvalue weighted by molar-refractivity contribution is -0.141. The van der Waals surface area contributed by atoms with Gasteiger partial charge in [0.15, 0.2) is 0 Å². The molecule has 1 atom stereocenters. The molecule has 1 N–H and O–H groups in total. The van der Waals surface area contributed by atoms with Gasteiger partial charge in [0.2, 0.25) is 21.8 Å². The Morgan fingerprint density at radius 3 is 2.30 bits per heavy atom. The summed E-state index contributed by atoms with van der Waals surface area (Å²) >= 11 is 12.4. The fourth-order valence-electron chi connectivity index (χ4n) is 4.00. The molecule has 0 aliphatic heterocycles. The zero-order valence-electron chi connectivity index (χ0n) is 22.2. The molecule has 0 unspecified atom stereocenters. The fraction of sp³-hybridized carbons (Fsp3) is 0.481. The van der Waals surface area contributed by atoms with Crippen molar-refractivity contribution in [3.8, 4) is 0 Å². The summed E-state index contributed by atoms with van der Waals surface area (Å²) in [7, 11) is -3.55. The summed E-state index contributed by atoms with van der Waals surface area (Å²) in [6.07, 6.45) is 2.71. The third-order valence-corrected chi connectivity index (χ3v) is 8.00. The Hall–Kier alpha value is -2.29. The number of halogens is 2. The van der Waals surface area contributed by atoms with Crippen LogP contribution in [0.5, 0.6) is 0 Å². The fourth-order valence-corrected chi connectivity index (χ4v) is 5.43. The minimum atomic E-state index is -3.55. The van der Waals surface area contributed by atoms with Crippen LogP contribution in [0.25, 0.3) is 0 Å². The van der Waals surface area contributed by atoms with Crippen molar-refractivity contribution in [2.75, 3.05) is 23.7 Å². The first-order valence-corrected chi connectivity index (χ1v) is 15.1. The van der Waals surface area contributed by atoms with Crippen molar-refractivity contribution in [3.63, 3.8) is 0 Å². The summed E-state index contributed by atoms with van der Waals surface area (Å²) in [4.78, 5) is 27.9. The van der Waals surface area contributed by atoms with Crippen molar-refractivity contribution in [2.24, 2.45) is 0 Å². The van der Waals surface area contributed by atoms with Crippen molar-refractivity contribution in [2.45, 2.75) is 66.0 Å². The molecule has 0 aliphatic carbocycles. The van der Waals surface area contributed by atoms with Gasteiger partial charge in [0.05, 0.1) is 11.9 Å². The molecule has 2 rings (SSSR count). The summed E-state index contributed by atoms with van der Waals surface area (Å²) in [5.41, 5.74) is 3.29. The number of hydrogen-bond donors (Lipinski definition) is 1. The van der Waals surface area contributed by atoms with Gasteiger partial charge in [-0.2, -0.15) is 0 Å². The second kappa shape index (κ2) is 14.0. The molecule has 0 aliphatic rings. The molecule has 0 saturated carbocycles. The zero-order chi connectivity index (χ0) is 27.8. The number of anilines is 1. The predicted octanol–water partition coefficient (Wildman–Crippen LogP) is 5.49. The molecule has 0 saturated heterocycles. The molecule has 0 fully saturated rings. The van der Waals surface area contributed by atoms with Crippen LogP contribution in [0.3, 0.4) is 0 Å². The summed E-state index contributed by atoms with van der Waals surface area (Å²) in [6.45, 7) is 8.49. The Kier molecular flexibility index (Phi) is 11.7. The maximum absolute atomic E-state index is 13.5. The number of nitrogens with zero attached hydrogens (tertiary/aromatic N) is 2. The first-order valence-electron chi connectivity index (χ1n) is 12.4. The van der Waals surface area contributed by atoms with Crippen molar-refractivity contribution in [1.29, 1.82) is 0 Å². The first kappa shape index (κ1) is 30.9. The molecule has 2 aromatic rings. The molecule has 2 aromatic carbocycles. The standard InChI is InChI=1S/C27H37Cl2N3O4S/c1-6-14-30-27(34)25(7-2)31(18-21-11-12-22(28)17-24(21)29)26(33)9-8-15-32(37(5,35)36)23-13-10-19(3)20(4)16-23/h10-13,16-17,25H,6-9,14-15,18H2,1-5H3,(H,30,34)/t25-/m0/s1. The van der Waals surface area contributed by atoms with Gasteiger partial charge in [-0.3, -0.25) is 13.9 Å². The minimum absolute atomic E-state index is 0.0691. The van der Waals surface area contributed by atoms with Gasteiger partial charge in [0, 0.05) is 36.1 Å². The number of hydrogen-bond acceptors (Lipinski definition) is 4. The summed E-state index contributed by atoms with van der Waals surface area (Å²) in [5, 5.41) is 3.77. The van der Waals surface area contributed by atoms with Crippen molar-refractivity contribution in [3.05, 3.63) is 63.1 Å². The molecule has 2 amide bonds. The second-order valence-corrected chi connectivity index (χ2v) is 11.9. The number of carbonyl (C=O) groups is 2. The van der Waals surface area contributed by atoms with Gasteiger partial charge in [-0.1, -0.05) is 49.2 Å². The van der Waals surface area contributed by atoms with Crippen molar-refractivity contribution in [1.82, 2.24) is 10.2 Å². The number of aryl methyl sites for hydroxylation is 2. The average Bonchev–Trinajstić information content (AvgIpc) is 2.82.